The van der Waals surface area contributed by atoms with E-state index in [2.05, 4.69) is 25.5 Å². The van der Waals surface area contributed by atoms with Crippen molar-refractivity contribution >= 4 is 28.5 Å². The van der Waals surface area contributed by atoms with Crippen LogP contribution in [-0.4, -0.2) is 52.5 Å². The van der Waals surface area contributed by atoms with E-state index in [4.69, 9.17) is 10.2 Å². The van der Waals surface area contributed by atoms with Gasteiger partial charge in [-0.05, 0) is 37.5 Å². The number of aromatic nitrogens is 6. The minimum absolute atomic E-state index is 0.0931. The molecule has 0 aliphatic heterocycles. The lowest BCUT2D eigenvalue weighted by Gasteiger charge is -2.36. The van der Waals surface area contributed by atoms with E-state index >= 15 is 0 Å². The summed E-state index contributed by atoms with van der Waals surface area (Å²) >= 11 is 0. The largest absolute Gasteiger partial charge is 0.461 e. The summed E-state index contributed by atoms with van der Waals surface area (Å²) in [6, 6.07) is 12.8. The number of benzene rings is 1. The fourth-order valence-corrected chi connectivity index (χ4v) is 4.39. The summed E-state index contributed by atoms with van der Waals surface area (Å²) in [6.07, 6.45) is 3.82. The second-order valence-corrected chi connectivity index (χ2v) is 8.65. The molecule has 0 radical (unpaired) electrons. The van der Waals surface area contributed by atoms with Crippen LogP contribution in [0.15, 0.2) is 59.3 Å². The fraction of sp³-hybridized carbons (Fsp3) is 0.261. The van der Waals surface area contributed by atoms with Gasteiger partial charge in [0.1, 0.15) is 0 Å². The Morgan fingerprint density at radius 2 is 1.97 bits per heavy atom. The minimum atomic E-state index is -1.23. The number of hydrogen-bond acceptors (Lipinski definition) is 8. The van der Waals surface area contributed by atoms with Gasteiger partial charge in [-0.15, -0.1) is 5.10 Å². The summed E-state index contributed by atoms with van der Waals surface area (Å²) in [5.74, 6) is 0.719. The SMILES string of the molecule is C[C@](C(=O)N[C@H]1C[C@H](O)C1)(c1ccccc1)n1ncc2c1nc(N)n1nc(-c3ccco3)nc21. The van der Waals surface area contributed by atoms with Gasteiger partial charge in [-0.2, -0.15) is 14.6 Å². The van der Waals surface area contributed by atoms with Crippen molar-refractivity contribution in [2.75, 3.05) is 5.73 Å². The van der Waals surface area contributed by atoms with Gasteiger partial charge >= 0.3 is 0 Å². The van der Waals surface area contributed by atoms with Crippen LogP contribution in [0.4, 0.5) is 5.95 Å². The first-order valence-corrected chi connectivity index (χ1v) is 10.9. The molecule has 1 atom stereocenters. The summed E-state index contributed by atoms with van der Waals surface area (Å²) < 4.78 is 8.42. The Labute approximate surface area is 193 Å². The summed E-state index contributed by atoms with van der Waals surface area (Å²) in [4.78, 5) is 22.8. The van der Waals surface area contributed by atoms with E-state index in [1.807, 2.05) is 30.3 Å². The maximum absolute atomic E-state index is 13.7. The Bertz CT molecular complexity index is 1500. The maximum Gasteiger partial charge on any atom is 0.252 e. The van der Waals surface area contributed by atoms with E-state index in [-0.39, 0.29) is 24.0 Å². The molecule has 4 aromatic heterocycles. The van der Waals surface area contributed by atoms with Crippen molar-refractivity contribution in [3.05, 3.63) is 60.5 Å². The molecule has 4 heterocycles. The first-order valence-electron chi connectivity index (χ1n) is 10.9. The maximum atomic E-state index is 13.7. The number of furan rings is 1. The minimum Gasteiger partial charge on any atom is -0.461 e. The van der Waals surface area contributed by atoms with Crippen LogP contribution in [0.3, 0.4) is 0 Å². The third-order valence-electron chi connectivity index (χ3n) is 6.42. The molecule has 1 amide bonds. The number of nitrogens with two attached hydrogens (primary N) is 1. The Balaban J connectivity index is 1.52. The van der Waals surface area contributed by atoms with Crippen molar-refractivity contribution in [1.29, 1.82) is 0 Å². The molecule has 1 fully saturated rings. The molecule has 172 valence electrons. The molecular formula is C23H22N8O3. The highest BCUT2D eigenvalue weighted by Crippen LogP contribution is 2.32. The second kappa shape index (κ2) is 7.39. The molecule has 0 saturated heterocycles. The summed E-state index contributed by atoms with van der Waals surface area (Å²) in [6.45, 7) is 1.79. The van der Waals surface area contributed by atoms with Gasteiger partial charge in [-0.1, -0.05) is 30.3 Å². The fourth-order valence-electron chi connectivity index (χ4n) is 4.39. The number of aliphatic hydroxyl groups excluding tert-OH is 1. The molecule has 1 aromatic carbocycles. The second-order valence-electron chi connectivity index (χ2n) is 8.65. The molecular weight excluding hydrogens is 436 g/mol. The zero-order valence-electron chi connectivity index (χ0n) is 18.3. The lowest BCUT2D eigenvalue weighted by molar-refractivity contribution is -0.129. The van der Waals surface area contributed by atoms with E-state index in [1.165, 1.54) is 4.52 Å². The average Bonchev–Trinajstić information content (AvgIpc) is 3.57. The lowest BCUT2D eigenvalue weighted by Crippen LogP contribution is -2.55. The third kappa shape index (κ3) is 2.97. The zero-order valence-corrected chi connectivity index (χ0v) is 18.3. The number of hydrogen-bond donors (Lipinski definition) is 3. The van der Waals surface area contributed by atoms with Gasteiger partial charge in [0, 0.05) is 6.04 Å². The van der Waals surface area contributed by atoms with Gasteiger partial charge in [0.05, 0.1) is 24.0 Å². The predicted molar refractivity (Wildman–Crippen MR) is 123 cm³/mol. The zero-order chi connectivity index (χ0) is 23.4. The Morgan fingerprint density at radius 3 is 2.68 bits per heavy atom. The van der Waals surface area contributed by atoms with E-state index in [0.717, 1.165) is 5.56 Å². The van der Waals surface area contributed by atoms with Gasteiger partial charge in [0.25, 0.3) is 5.91 Å². The van der Waals surface area contributed by atoms with E-state index in [1.54, 1.807) is 36.2 Å². The van der Waals surface area contributed by atoms with Crippen LogP contribution in [0.1, 0.15) is 25.3 Å². The molecule has 0 spiro atoms. The van der Waals surface area contributed by atoms with Gasteiger partial charge in [-0.3, -0.25) is 4.79 Å². The Hall–Kier alpha value is -4.25. The summed E-state index contributed by atoms with van der Waals surface area (Å²) in [5.41, 5.74) is 6.61. The van der Waals surface area contributed by atoms with Crippen molar-refractivity contribution in [3.63, 3.8) is 0 Å². The Kier molecular flexibility index (Phi) is 4.42. The highest BCUT2D eigenvalue weighted by Gasteiger charge is 2.42. The van der Waals surface area contributed by atoms with E-state index in [0.29, 0.717) is 41.1 Å². The topological polar surface area (TPSA) is 149 Å². The number of nitrogens with zero attached hydrogens (tertiary/aromatic N) is 6. The van der Waals surface area contributed by atoms with Crippen LogP contribution in [0.2, 0.25) is 0 Å². The Morgan fingerprint density at radius 1 is 1.18 bits per heavy atom. The number of fused-ring (bicyclic) bond motifs is 3. The predicted octanol–water partition coefficient (Wildman–Crippen LogP) is 1.72. The van der Waals surface area contributed by atoms with Gasteiger partial charge < -0.3 is 20.6 Å². The smallest absolute Gasteiger partial charge is 0.252 e. The van der Waals surface area contributed by atoms with Crippen molar-refractivity contribution in [1.82, 2.24) is 34.7 Å². The van der Waals surface area contributed by atoms with E-state index in [9.17, 15) is 9.90 Å². The molecule has 0 bridgehead atoms. The number of nitrogen functional groups attached to an aromatic ring is 1. The molecule has 1 aliphatic carbocycles. The molecule has 1 aliphatic rings. The molecule has 34 heavy (non-hydrogen) atoms. The monoisotopic (exact) mass is 458 g/mol. The first-order chi connectivity index (χ1) is 16.4. The van der Waals surface area contributed by atoms with Gasteiger partial charge in [0.2, 0.25) is 11.8 Å². The van der Waals surface area contributed by atoms with Crippen LogP contribution >= 0.6 is 0 Å². The number of carbonyl (C=O) groups excluding carboxylic acids is 1. The molecule has 11 heteroatoms. The number of rotatable bonds is 5. The van der Waals surface area contributed by atoms with Crippen LogP contribution < -0.4 is 11.1 Å². The third-order valence-corrected chi connectivity index (χ3v) is 6.42. The van der Waals surface area contributed by atoms with Crippen molar-refractivity contribution in [2.24, 2.45) is 0 Å². The quantitative estimate of drug-likeness (QED) is 0.360. The highest BCUT2D eigenvalue weighted by atomic mass is 16.3. The van der Waals surface area contributed by atoms with Crippen molar-refractivity contribution in [2.45, 2.75) is 37.5 Å². The number of aliphatic hydroxyl groups is 1. The van der Waals surface area contributed by atoms with Crippen molar-refractivity contribution < 1.29 is 14.3 Å². The highest BCUT2D eigenvalue weighted by molar-refractivity contribution is 5.94. The van der Waals surface area contributed by atoms with Crippen LogP contribution in [0, 0.1) is 0 Å². The standard InChI is InChI=1S/C23H22N8O3/c1-23(13-6-3-2-4-7-13,21(33)26-14-10-15(32)11-14)31-20-16(12-25-31)19-27-18(17-8-5-9-34-17)29-30(19)22(24)28-20/h2-9,12,14-15,32H,10-11H2,1H3,(H2,24,28)(H,26,33)/t14-,15-,23-/m1/s1. The summed E-state index contributed by atoms with van der Waals surface area (Å²) in [7, 11) is 0. The first kappa shape index (κ1) is 20.4. The number of anilines is 1. The van der Waals surface area contributed by atoms with Gasteiger partial charge in [-0.25, -0.2) is 9.67 Å². The number of amides is 1. The molecule has 6 rings (SSSR count). The van der Waals surface area contributed by atoms with Crippen molar-refractivity contribution in [3.8, 4) is 11.6 Å². The van der Waals surface area contributed by atoms with Crippen LogP contribution in [0.25, 0.3) is 28.3 Å². The average molecular weight is 458 g/mol. The van der Waals surface area contributed by atoms with Gasteiger partial charge in [0.15, 0.2) is 22.6 Å². The lowest BCUT2D eigenvalue weighted by atomic mass is 9.86. The summed E-state index contributed by atoms with van der Waals surface area (Å²) in [5, 5.41) is 22.3. The van der Waals surface area contributed by atoms with Crippen LogP contribution in [0.5, 0.6) is 0 Å². The normalized spacial score (nSPS) is 19.7. The van der Waals surface area contributed by atoms with Crippen LogP contribution in [-0.2, 0) is 10.3 Å². The van der Waals surface area contributed by atoms with E-state index < -0.39 is 5.54 Å². The molecule has 0 unspecified atom stereocenters. The molecule has 5 aromatic rings. The molecule has 11 nitrogen and oxygen atoms in total. The number of nitrogens with one attached hydrogen (secondary N) is 1. The number of carbonyl (C=O) groups is 1. The molecule has 1 saturated carbocycles. The molecule has 4 N–H and O–H groups in total.